The zero-order chi connectivity index (χ0) is 15.6. The number of nitrogens with zero attached hydrogens (tertiary/aromatic N) is 1. The van der Waals surface area contributed by atoms with Crippen LogP contribution in [-0.4, -0.2) is 19.0 Å². The number of nitriles is 1. The second-order valence-corrected chi connectivity index (χ2v) is 4.97. The molecular formula is C18H19N3O. The number of aryl methyl sites for hydroxylation is 1. The first-order valence-electron chi connectivity index (χ1n) is 7.33. The summed E-state index contributed by atoms with van der Waals surface area (Å²) in [6.07, 6.45) is 1.97. The van der Waals surface area contributed by atoms with E-state index in [2.05, 4.69) is 28.8 Å². The van der Waals surface area contributed by atoms with Gasteiger partial charge in [0.05, 0.1) is 17.8 Å². The van der Waals surface area contributed by atoms with Crippen LogP contribution >= 0.6 is 0 Å². The maximum Gasteiger partial charge on any atom is 0.238 e. The summed E-state index contributed by atoms with van der Waals surface area (Å²) in [5.74, 6) is -0.137. The predicted octanol–water partition coefficient (Wildman–Crippen LogP) is 2.72. The first-order valence-corrected chi connectivity index (χ1v) is 7.33. The van der Waals surface area contributed by atoms with Crippen molar-refractivity contribution in [3.05, 3.63) is 65.7 Å². The highest BCUT2D eigenvalue weighted by atomic mass is 16.1. The number of carbonyl (C=O) groups is 1. The van der Waals surface area contributed by atoms with Gasteiger partial charge in [-0.15, -0.1) is 0 Å². The van der Waals surface area contributed by atoms with Crippen LogP contribution < -0.4 is 10.6 Å². The van der Waals surface area contributed by atoms with E-state index in [0.29, 0.717) is 11.3 Å². The fourth-order valence-electron chi connectivity index (χ4n) is 2.15. The lowest BCUT2D eigenvalue weighted by atomic mass is 10.1. The summed E-state index contributed by atoms with van der Waals surface area (Å²) in [7, 11) is 0. The summed E-state index contributed by atoms with van der Waals surface area (Å²) in [5, 5.41) is 14.8. The number of nitrogens with one attached hydrogen (secondary N) is 2. The Morgan fingerprint density at radius 2 is 1.77 bits per heavy atom. The number of amides is 1. The smallest absolute Gasteiger partial charge is 0.238 e. The molecule has 1 amide bonds. The van der Waals surface area contributed by atoms with Crippen LogP contribution in [0.15, 0.2) is 54.6 Å². The Kier molecular flexibility index (Phi) is 6.16. The third kappa shape index (κ3) is 5.04. The molecule has 0 unspecified atom stereocenters. The lowest BCUT2D eigenvalue weighted by molar-refractivity contribution is -0.115. The van der Waals surface area contributed by atoms with Crippen LogP contribution in [0.5, 0.6) is 0 Å². The number of hydrogen-bond donors (Lipinski definition) is 2. The van der Waals surface area contributed by atoms with Gasteiger partial charge in [0.2, 0.25) is 5.91 Å². The van der Waals surface area contributed by atoms with Crippen LogP contribution in [0.3, 0.4) is 0 Å². The van der Waals surface area contributed by atoms with Crippen LogP contribution in [0.25, 0.3) is 0 Å². The van der Waals surface area contributed by atoms with E-state index < -0.39 is 0 Å². The quantitative estimate of drug-likeness (QED) is 0.771. The fraction of sp³-hybridized carbons (Fsp3) is 0.222. The van der Waals surface area contributed by atoms with Gasteiger partial charge in [-0.2, -0.15) is 5.26 Å². The zero-order valence-electron chi connectivity index (χ0n) is 12.4. The predicted molar refractivity (Wildman–Crippen MR) is 87.4 cm³/mol. The number of para-hydroxylation sites is 1. The molecule has 22 heavy (non-hydrogen) atoms. The van der Waals surface area contributed by atoms with Gasteiger partial charge in [-0.1, -0.05) is 42.5 Å². The average molecular weight is 293 g/mol. The van der Waals surface area contributed by atoms with E-state index in [-0.39, 0.29) is 12.5 Å². The molecule has 0 aliphatic carbocycles. The van der Waals surface area contributed by atoms with Gasteiger partial charge in [-0.25, -0.2) is 0 Å². The van der Waals surface area contributed by atoms with Crippen molar-refractivity contribution < 1.29 is 4.79 Å². The van der Waals surface area contributed by atoms with E-state index >= 15 is 0 Å². The Labute approximate surface area is 130 Å². The zero-order valence-corrected chi connectivity index (χ0v) is 12.4. The van der Waals surface area contributed by atoms with Gasteiger partial charge >= 0.3 is 0 Å². The van der Waals surface area contributed by atoms with Crippen molar-refractivity contribution in [1.29, 1.82) is 5.26 Å². The van der Waals surface area contributed by atoms with Gasteiger partial charge < -0.3 is 10.6 Å². The first kappa shape index (κ1) is 15.7. The maximum atomic E-state index is 11.8. The Bertz CT molecular complexity index is 647. The second-order valence-electron chi connectivity index (χ2n) is 4.97. The summed E-state index contributed by atoms with van der Waals surface area (Å²) in [4.78, 5) is 11.8. The maximum absolute atomic E-state index is 11.8. The molecule has 0 saturated heterocycles. The Hall–Kier alpha value is -2.64. The molecule has 2 aromatic rings. The third-order valence-electron chi connectivity index (χ3n) is 3.27. The Morgan fingerprint density at radius 1 is 1.05 bits per heavy atom. The molecule has 112 valence electrons. The number of rotatable bonds is 7. The first-order chi connectivity index (χ1) is 10.8. The fourth-order valence-corrected chi connectivity index (χ4v) is 2.15. The lowest BCUT2D eigenvalue weighted by Crippen LogP contribution is -2.29. The molecule has 2 rings (SSSR count). The molecule has 2 N–H and O–H groups in total. The molecule has 0 aliphatic rings. The Morgan fingerprint density at radius 3 is 2.55 bits per heavy atom. The molecule has 0 atom stereocenters. The number of carbonyl (C=O) groups excluding carboxylic acids is 1. The van der Waals surface area contributed by atoms with Crippen molar-refractivity contribution in [2.45, 2.75) is 12.8 Å². The average Bonchev–Trinajstić information content (AvgIpc) is 2.56. The minimum absolute atomic E-state index is 0.137. The number of benzene rings is 2. The van der Waals surface area contributed by atoms with Gasteiger partial charge in [-0.05, 0) is 37.1 Å². The van der Waals surface area contributed by atoms with Crippen molar-refractivity contribution in [3.63, 3.8) is 0 Å². The minimum Gasteiger partial charge on any atom is -0.324 e. The topological polar surface area (TPSA) is 64.9 Å². The van der Waals surface area contributed by atoms with Gasteiger partial charge in [0.15, 0.2) is 0 Å². The molecule has 0 bridgehead atoms. The van der Waals surface area contributed by atoms with Crippen molar-refractivity contribution >= 4 is 11.6 Å². The van der Waals surface area contributed by atoms with E-state index in [0.717, 1.165) is 19.4 Å². The van der Waals surface area contributed by atoms with Crippen molar-refractivity contribution in [2.24, 2.45) is 0 Å². The summed E-state index contributed by atoms with van der Waals surface area (Å²) in [6.45, 7) is 1.02. The van der Waals surface area contributed by atoms with Crippen LogP contribution in [0, 0.1) is 11.3 Å². The van der Waals surface area contributed by atoms with Crippen molar-refractivity contribution in [2.75, 3.05) is 18.4 Å². The summed E-state index contributed by atoms with van der Waals surface area (Å²) in [5.41, 5.74) is 2.33. The molecule has 0 aliphatic heterocycles. The van der Waals surface area contributed by atoms with E-state index in [4.69, 9.17) is 5.26 Å². The van der Waals surface area contributed by atoms with Crippen LogP contribution in [-0.2, 0) is 11.2 Å². The molecule has 0 heterocycles. The van der Waals surface area contributed by atoms with E-state index in [9.17, 15) is 4.79 Å². The van der Waals surface area contributed by atoms with Crippen LogP contribution in [0.2, 0.25) is 0 Å². The monoisotopic (exact) mass is 293 g/mol. The van der Waals surface area contributed by atoms with Gasteiger partial charge in [0.25, 0.3) is 0 Å². The Balaban J connectivity index is 1.67. The molecule has 0 radical (unpaired) electrons. The normalized spacial score (nSPS) is 9.95. The minimum atomic E-state index is -0.137. The van der Waals surface area contributed by atoms with Crippen LogP contribution in [0.1, 0.15) is 17.5 Å². The van der Waals surface area contributed by atoms with E-state index in [1.165, 1.54) is 5.56 Å². The highest BCUT2D eigenvalue weighted by molar-refractivity contribution is 5.93. The van der Waals surface area contributed by atoms with Gasteiger partial charge in [0.1, 0.15) is 6.07 Å². The number of hydrogen-bond acceptors (Lipinski definition) is 3. The van der Waals surface area contributed by atoms with E-state index in [1.807, 2.05) is 18.2 Å². The molecule has 0 aromatic heterocycles. The third-order valence-corrected chi connectivity index (χ3v) is 3.27. The summed E-state index contributed by atoms with van der Waals surface area (Å²) in [6, 6.07) is 19.3. The van der Waals surface area contributed by atoms with Crippen molar-refractivity contribution in [3.8, 4) is 6.07 Å². The summed E-state index contributed by atoms with van der Waals surface area (Å²) < 4.78 is 0. The second kappa shape index (κ2) is 8.60. The molecule has 0 spiro atoms. The SMILES string of the molecule is N#Cc1ccccc1NC(=O)CNCCCc1ccccc1. The summed E-state index contributed by atoms with van der Waals surface area (Å²) >= 11 is 0. The van der Waals surface area contributed by atoms with Crippen LogP contribution in [0.4, 0.5) is 5.69 Å². The molecule has 4 nitrogen and oxygen atoms in total. The molecule has 0 saturated carbocycles. The van der Waals surface area contributed by atoms with Crippen molar-refractivity contribution in [1.82, 2.24) is 5.32 Å². The van der Waals surface area contributed by atoms with E-state index in [1.54, 1.807) is 24.3 Å². The van der Waals surface area contributed by atoms with Gasteiger partial charge in [-0.3, -0.25) is 4.79 Å². The highest BCUT2D eigenvalue weighted by Crippen LogP contribution is 2.12. The standard InChI is InChI=1S/C18H19N3O/c19-13-16-10-4-5-11-17(16)21-18(22)14-20-12-6-9-15-7-2-1-3-8-15/h1-5,7-8,10-11,20H,6,9,12,14H2,(H,21,22). The lowest BCUT2D eigenvalue weighted by Gasteiger charge is -2.08. The molecule has 2 aromatic carbocycles. The highest BCUT2D eigenvalue weighted by Gasteiger charge is 2.05. The molecule has 0 fully saturated rings. The molecular weight excluding hydrogens is 274 g/mol. The van der Waals surface area contributed by atoms with Gasteiger partial charge in [0, 0.05) is 0 Å². The number of anilines is 1. The largest absolute Gasteiger partial charge is 0.324 e. The molecule has 4 heteroatoms.